The first kappa shape index (κ1) is 20.7. The molecular weight excluding hydrogens is 428 g/mol. The average Bonchev–Trinajstić information content (AvgIpc) is 2.99. The summed E-state index contributed by atoms with van der Waals surface area (Å²) in [4.78, 5) is 20.8. The smallest absolute Gasteiger partial charge is 0.317 e. The second kappa shape index (κ2) is 8.31. The van der Waals surface area contributed by atoms with E-state index >= 15 is 0 Å². The fourth-order valence-corrected chi connectivity index (χ4v) is 6.06. The standard InChI is InChI=1S/C23H33BrN4O/c1-5-8-28-13-15(25-23(29)27(6-2)7-3)11-16-17-9-14(4)10-19-21(17)18(12-20(16)28)22(24)26-19/h9-10,15-16,20,26H,5-8,11-13H2,1-4H3,(H,25,29)/t15-,16?,20+/m0/s1. The molecule has 158 valence electrons. The molecule has 0 radical (unpaired) electrons. The summed E-state index contributed by atoms with van der Waals surface area (Å²) >= 11 is 3.78. The third kappa shape index (κ3) is 3.70. The van der Waals surface area contributed by atoms with Crippen molar-refractivity contribution in [3.8, 4) is 0 Å². The van der Waals surface area contributed by atoms with E-state index in [9.17, 15) is 4.79 Å². The summed E-state index contributed by atoms with van der Waals surface area (Å²) in [6.45, 7) is 12.0. The van der Waals surface area contributed by atoms with Gasteiger partial charge in [-0.3, -0.25) is 4.90 Å². The van der Waals surface area contributed by atoms with Crippen LogP contribution in [0.2, 0.25) is 0 Å². The topological polar surface area (TPSA) is 51.4 Å². The molecule has 2 aromatic rings. The van der Waals surface area contributed by atoms with Crippen LogP contribution in [0.3, 0.4) is 0 Å². The zero-order valence-corrected chi connectivity index (χ0v) is 19.6. The van der Waals surface area contributed by atoms with Crippen LogP contribution in [0.25, 0.3) is 10.9 Å². The maximum absolute atomic E-state index is 12.7. The van der Waals surface area contributed by atoms with E-state index in [0.29, 0.717) is 12.0 Å². The Bertz CT molecular complexity index is 904. The van der Waals surface area contributed by atoms with Crippen LogP contribution in [0.5, 0.6) is 0 Å². The molecule has 2 aliphatic rings. The highest BCUT2D eigenvalue weighted by Crippen LogP contribution is 2.46. The van der Waals surface area contributed by atoms with Gasteiger partial charge in [-0.05, 0) is 85.3 Å². The first-order valence-electron chi connectivity index (χ1n) is 11.1. The predicted molar refractivity (Wildman–Crippen MR) is 123 cm³/mol. The maximum Gasteiger partial charge on any atom is 0.317 e. The number of piperidine rings is 1. The van der Waals surface area contributed by atoms with Gasteiger partial charge in [0.1, 0.15) is 0 Å². The number of urea groups is 1. The number of aromatic amines is 1. The van der Waals surface area contributed by atoms with Gasteiger partial charge in [-0.1, -0.05) is 13.0 Å². The highest BCUT2D eigenvalue weighted by molar-refractivity contribution is 9.10. The molecule has 0 spiro atoms. The van der Waals surface area contributed by atoms with E-state index in [0.717, 1.165) is 50.0 Å². The molecule has 4 rings (SSSR count). The lowest BCUT2D eigenvalue weighted by Crippen LogP contribution is -2.57. The van der Waals surface area contributed by atoms with Crippen LogP contribution in [0.15, 0.2) is 16.7 Å². The summed E-state index contributed by atoms with van der Waals surface area (Å²) in [6, 6.07) is 5.39. The lowest BCUT2D eigenvalue weighted by Gasteiger charge is -2.47. The van der Waals surface area contributed by atoms with Gasteiger partial charge in [-0.25, -0.2) is 4.79 Å². The molecule has 0 saturated carbocycles. The molecule has 2 heterocycles. The van der Waals surface area contributed by atoms with Gasteiger partial charge in [-0.2, -0.15) is 0 Å². The van der Waals surface area contributed by atoms with Gasteiger partial charge >= 0.3 is 6.03 Å². The van der Waals surface area contributed by atoms with Crippen molar-refractivity contribution >= 4 is 32.9 Å². The van der Waals surface area contributed by atoms with Crippen molar-refractivity contribution < 1.29 is 4.79 Å². The Morgan fingerprint density at radius 3 is 2.76 bits per heavy atom. The Balaban J connectivity index is 1.69. The monoisotopic (exact) mass is 460 g/mol. The largest absolute Gasteiger partial charge is 0.349 e. The van der Waals surface area contributed by atoms with Crippen LogP contribution < -0.4 is 5.32 Å². The number of benzene rings is 1. The number of carbonyl (C=O) groups is 1. The Hall–Kier alpha value is -1.53. The van der Waals surface area contributed by atoms with E-state index in [1.807, 2.05) is 18.7 Å². The summed E-state index contributed by atoms with van der Waals surface area (Å²) in [5.74, 6) is 0.454. The van der Waals surface area contributed by atoms with Crippen molar-refractivity contribution in [1.82, 2.24) is 20.1 Å². The summed E-state index contributed by atoms with van der Waals surface area (Å²) in [5.41, 5.74) is 5.40. The SMILES string of the molecule is CCCN1C[C@@H](NC(=O)N(CC)CC)CC2c3cc(C)cc4[nH]c(Br)c(c34)C[C@H]21. The Morgan fingerprint density at radius 1 is 1.31 bits per heavy atom. The molecule has 0 bridgehead atoms. The van der Waals surface area contributed by atoms with E-state index < -0.39 is 0 Å². The number of nitrogens with one attached hydrogen (secondary N) is 2. The van der Waals surface area contributed by atoms with Crippen molar-refractivity contribution in [2.45, 2.75) is 65.0 Å². The molecule has 29 heavy (non-hydrogen) atoms. The molecule has 1 aromatic carbocycles. The fraction of sp³-hybridized carbons (Fsp3) is 0.609. The van der Waals surface area contributed by atoms with Crippen molar-refractivity contribution in [3.05, 3.63) is 33.4 Å². The van der Waals surface area contributed by atoms with E-state index in [-0.39, 0.29) is 12.1 Å². The molecule has 1 fully saturated rings. The molecule has 1 aliphatic carbocycles. The lowest BCUT2D eigenvalue weighted by atomic mass is 9.73. The van der Waals surface area contributed by atoms with Gasteiger partial charge < -0.3 is 15.2 Å². The number of carbonyl (C=O) groups excluding carboxylic acids is 1. The van der Waals surface area contributed by atoms with Gasteiger partial charge in [0.05, 0.1) is 4.60 Å². The number of rotatable bonds is 5. The van der Waals surface area contributed by atoms with Crippen LogP contribution in [-0.2, 0) is 6.42 Å². The predicted octanol–water partition coefficient (Wildman–Crippen LogP) is 4.78. The molecular formula is C23H33BrN4O. The highest BCUT2D eigenvalue weighted by atomic mass is 79.9. The molecule has 1 aromatic heterocycles. The minimum Gasteiger partial charge on any atom is -0.349 e. The number of halogens is 1. The molecule has 2 amide bonds. The summed E-state index contributed by atoms with van der Waals surface area (Å²) < 4.78 is 1.13. The minimum atomic E-state index is 0.0742. The number of H-pyrrole nitrogens is 1. The van der Waals surface area contributed by atoms with Crippen LogP contribution in [0.1, 0.15) is 56.2 Å². The number of aryl methyl sites for hydroxylation is 1. The molecule has 1 unspecified atom stereocenters. The minimum absolute atomic E-state index is 0.0742. The number of fused-ring (bicyclic) bond motifs is 2. The van der Waals surface area contributed by atoms with E-state index in [2.05, 4.69) is 57.1 Å². The van der Waals surface area contributed by atoms with Gasteiger partial charge in [0.15, 0.2) is 0 Å². The van der Waals surface area contributed by atoms with E-state index in [1.54, 1.807) is 0 Å². The average molecular weight is 461 g/mol. The second-order valence-corrected chi connectivity index (χ2v) is 9.41. The molecule has 2 N–H and O–H groups in total. The summed E-state index contributed by atoms with van der Waals surface area (Å²) in [7, 11) is 0. The fourth-order valence-electron chi connectivity index (χ4n) is 5.49. The van der Waals surface area contributed by atoms with Gasteiger partial charge in [0, 0.05) is 48.5 Å². The van der Waals surface area contributed by atoms with Crippen LogP contribution >= 0.6 is 15.9 Å². The number of hydrogen-bond acceptors (Lipinski definition) is 2. The third-order valence-corrected chi connectivity index (χ3v) is 7.43. The number of likely N-dealkylation sites (tertiary alicyclic amines) is 1. The third-order valence-electron chi connectivity index (χ3n) is 6.75. The first-order valence-corrected chi connectivity index (χ1v) is 11.9. The number of nitrogens with zero attached hydrogens (tertiary/aromatic N) is 2. The Morgan fingerprint density at radius 2 is 2.07 bits per heavy atom. The summed E-state index contributed by atoms with van der Waals surface area (Å²) in [5, 5.41) is 4.75. The molecule has 3 atom stereocenters. The van der Waals surface area contributed by atoms with Crippen LogP contribution in [0, 0.1) is 6.92 Å². The van der Waals surface area contributed by atoms with Crippen molar-refractivity contribution in [3.63, 3.8) is 0 Å². The zero-order valence-electron chi connectivity index (χ0n) is 18.0. The Kier molecular flexibility index (Phi) is 5.94. The zero-order chi connectivity index (χ0) is 20.7. The van der Waals surface area contributed by atoms with Crippen molar-refractivity contribution in [1.29, 1.82) is 0 Å². The molecule has 1 saturated heterocycles. The highest BCUT2D eigenvalue weighted by Gasteiger charge is 2.41. The van der Waals surface area contributed by atoms with Crippen LogP contribution in [0.4, 0.5) is 4.79 Å². The number of hydrogen-bond donors (Lipinski definition) is 2. The molecule has 5 nitrogen and oxygen atoms in total. The normalized spacial score (nSPS) is 23.8. The second-order valence-electron chi connectivity index (χ2n) is 8.62. The molecule has 6 heteroatoms. The number of aromatic nitrogens is 1. The molecule has 1 aliphatic heterocycles. The maximum atomic E-state index is 12.7. The van der Waals surface area contributed by atoms with E-state index in [1.165, 1.54) is 27.6 Å². The van der Waals surface area contributed by atoms with Crippen LogP contribution in [-0.4, -0.2) is 59.1 Å². The van der Waals surface area contributed by atoms with Gasteiger partial charge in [-0.15, -0.1) is 0 Å². The van der Waals surface area contributed by atoms with Crippen molar-refractivity contribution in [2.24, 2.45) is 0 Å². The van der Waals surface area contributed by atoms with Crippen molar-refractivity contribution in [2.75, 3.05) is 26.2 Å². The Labute approximate surface area is 182 Å². The summed E-state index contributed by atoms with van der Waals surface area (Å²) in [6.07, 6.45) is 3.21. The van der Waals surface area contributed by atoms with Gasteiger partial charge in [0.25, 0.3) is 0 Å². The van der Waals surface area contributed by atoms with Gasteiger partial charge in [0.2, 0.25) is 0 Å². The lowest BCUT2D eigenvalue weighted by molar-refractivity contribution is 0.0978. The quantitative estimate of drug-likeness (QED) is 0.673. The number of amides is 2. The van der Waals surface area contributed by atoms with E-state index in [4.69, 9.17) is 0 Å². The first-order chi connectivity index (χ1) is 14.0.